The van der Waals surface area contributed by atoms with E-state index in [4.69, 9.17) is 5.73 Å². The Morgan fingerprint density at radius 2 is 2.00 bits per heavy atom. The first kappa shape index (κ1) is 16.0. The van der Waals surface area contributed by atoms with E-state index in [9.17, 15) is 4.79 Å². The molecular formula is C14H22BrN3O. The van der Waals surface area contributed by atoms with Crippen LogP contribution in [0.25, 0.3) is 0 Å². The molecule has 0 aliphatic rings. The molecule has 1 aromatic carbocycles. The van der Waals surface area contributed by atoms with Crippen molar-refractivity contribution in [3.05, 3.63) is 27.7 Å². The van der Waals surface area contributed by atoms with Crippen LogP contribution in [0.2, 0.25) is 0 Å². The van der Waals surface area contributed by atoms with Gasteiger partial charge in [0.25, 0.3) is 5.91 Å². The normalized spacial score (nSPS) is 10.8. The number of likely N-dealkylation sites (N-methyl/N-ethyl adjacent to an activating group) is 1. The van der Waals surface area contributed by atoms with Gasteiger partial charge in [0, 0.05) is 28.8 Å². The van der Waals surface area contributed by atoms with E-state index < -0.39 is 0 Å². The highest BCUT2D eigenvalue weighted by Gasteiger charge is 2.12. The summed E-state index contributed by atoms with van der Waals surface area (Å²) in [5.41, 5.74) is 7.94. The lowest BCUT2D eigenvalue weighted by atomic mass is 10.1. The number of halogens is 1. The van der Waals surface area contributed by atoms with E-state index in [-0.39, 0.29) is 5.91 Å². The number of carbonyl (C=O) groups is 1. The van der Waals surface area contributed by atoms with Crippen molar-refractivity contribution in [1.29, 1.82) is 0 Å². The van der Waals surface area contributed by atoms with Crippen LogP contribution in [0.5, 0.6) is 0 Å². The van der Waals surface area contributed by atoms with Gasteiger partial charge in [-0.2, -0.15) is 0 Å². The first-order chi connectivity index (χ1) is 8.99. The van der Waals surface area contributed by atoms with E-state index in [1.165, 1.54) is 0 Å². The van der Waals surface area contributed by atoms with E-state index in [2.05, 4.69) is 40.0 Å². The summed E-state index contributed by atoms with van der Waals surface area (Å²) in [4.78, 5) is 14.4. The third-order valence-electron chi connectivity index (χ3n) is 3.27. The SMILES string of the molecule is CCN(CC)CCNC(=O)c1cc(Br)cc(N)c1C. The van der Waals surface area contributed by atoms with E-state index in [0.717, 1.165) is 29.7 Å². The Balaban J connectivity index is 2.64. The lowest BCUT2D eigenvalue weighted by molar-refractivity contribution is 0.0948. The molecule has 1 aromatic rings. The summed E-state index contributed by atoms with van der Waals surface area (Å²) in [7, 11) is 0. The molecule has 19 heavy (non-hydrogen) atoms. The standard InChI is InChI=1S/C14H22BrN3O/c1-4-18(5-2)7-6-17-14(19)12-8-11(15)9-13(16)10(12)3/h8-9H,4-7,16H2,1-3H3,(H,17,19). The van der Waals surface area contributed by atoms with E-state index in [1.807, 2.05) is 13.0 Å². The highest BCUT2D eigenvalue weighted by atomic mass is 79.9. The summed E-state index contributed by atoms with van der Waals surface area (Å²) in [5, 5.41) is 2.94. The number of hydrogen-bond acceptors (Lipinski definition) is 3. The van der Waals surface area contributed by atoms with Crippen LogP contribution in [0.4, 0.5) is 5.69 Å². The average Bonchev–Trinajstić information content (AvgIpc) is 2.38. The highest BCUT2D eigenvalue weighted by molar-refractivity contribution is 9.10. The van der Waals surface area contributed by atoms with Gasteiger partial charge >= 0.3 is 0 Å². The molecule has 0 atom stereocenters. The van der Waals surface area contributed by atoms with Gasteiger partial charge in [-0.05, 0) is 37.7 Å². The lowest BCUT2D eigenvalue weighted by Gasteiger charge is -2.18. The second-order valence-electron chi connectivity index (χ2n) is 4.45. The van der Waals surface area contributed by atoms with E-state index >= 15 is 0 Å². The van der Waals surface area contributed by atoms with Crippen molar-refractivity contribution >= 4 is 27.5 Å². The lowest BCUT2D eigenvalue weighted by Crippen LogP contribution is -2.35. The average molecular weight is 328 g/mol. The van der Waals surface area contributed by atoms with Gasteiger partial charge in [-0.1, -0.05) is 29.8 Å². The molecule has 0 aliphatic heterocycles. The molecule has 0 saturated heterocycles. The Kier molecular flexibility index (Phi) is 6.31. The van der Waals surface area contributed by atoms with Crippen LogP contribution in [-0.4, -0.2) is 37.0 Å². The number of nitrogens with two attached hydrogens (primary N) is 1. The Morgan fingerprint density at radius 1 is 1.37 bits per heavy atom. The molecule has 4 nitrogen and oxygen atoms in total. The molecule has 0 radical (unpaired) electrons. The summed E-state index contributed by atoms with van der Waals surface area (Å²) in [6.45, 7) is 9.59. The topological polar surface area (TPSA) is 58.4 Å². The van der Waals surface area contributed by atoms with Crippen molar-refractivity contribution in [3.8, 4) is 0 Å². The van der Waals surface area contributed by atoms with E-state index in [1.54, 1.807) is 6.07 Å². The summed E-state index contributed by atoms with van der Waals surface area (Å²) >= 11 is 3.36. The molecule has 0 spiro atoms. The van der Waals surface area contributed by atoms with Gasteiger partial charge in [0.1, 0.15) is 0 Å². The molecule has 0 unspecified atom stereocenters. The van der Waals surface area contributed by atoms with Crippen molar-refractivity contribution in [2.24, 2.45) is 0 Å². The van der Waals surface area contributed by atoms with Crippen molar-refractivity contribution in [3.63, 3.8) is 0 Å². The van der Waals surface area contributed by atoms with Crippen LogP contribution in [-0.2, 0) is 0 Å². The van der Waals surface area contributed by atoms with Gasteiger partial charge in [-0.25, -0.2) is 0 Å². The number of nitrogen functional groups attached to an aromatic ring is 1. The van der Waals surface area contributed by atoms with Crippen LogP contribution in [0.3, 0.4) is 0 Å². The predicted molar refractivity (Wildman–Crippen MR) is 83.4 cm³/mol. The number of nitrogens with zero attached hydrogens (tertiary/aromatic N) is 1. The summed E-state index contributed by atoms with van der Waals surface area (Å²) in [6, 6.07) is 3.61. The molecule has 1 rings (SSSR count). The van der Waals surface area contributed by atoms with Crippen LogP contribution in [0.1, 0.15) is 29.8 Å². The highest BCUT2D eigenvalue weighted by Crippen LogP contribution is 2.22. The van der Waals surface area contributed by atoms with Gasteiger partial charge < -0.3 is 16.0 Å². The summed E-state index contributed by atoms with van der Waals surface area (Å²) in [5.74, 6) is -0.0716. The van der Waals surface area contributed by atoms with Crippen molar-refractivity contribution in [2.75, 3.05) is 31.9 Å². The number of rotatable bonds is 6. The Bertz CT molecular complexity index is 445. The fourth-order valence-electron chi connectivity index (χ4n) is 1.90. The zero-order valence-electron chi connectivity index (χ0n) is 11.8. The van der Waals surface area contributed by atoms with Crippen LogP contribution in [0, 0.1) is 6.92 Å². The van der Waals surface area contributed by atoms with Crippen molar-refractivity contribution in [2.45, 2.75) is 20.8 Å². The molecule has 0 heterocycles. The van der Waals surface area contributed by atoms with Gasteiger partial charge in [-0.15, -0.1) is 0 Å². The maximum absolute atomic E-state index is 12.1. The second-order valence-corrected chi connectivity index (χ2v) is 5.37. The third kappa shape index (κ3) is 4.51. The summed E-state index contributed by atoms with van der Waals surface area (Å²) in [6.07, 6.45) is 0. The molecule has 1 amide bonds. The first-order valence-electron chi connectivity index (χ1n) is 6.55. The number of amides is 1. The fourth-order valence-corrected chi connectivity index (χ4v) is 2.37. The second kappa shape index (κ2) is 7.50. The molecule has 0 fully saturated rings. The molecule has 0 aliphatic carbocycles. The van der Waals surface area contributed by atoms with Crippen LogP contribution < -0.4 is 11.1 Å². The molecule has 106 valence electrons. The smallest absolute Gasteiger partial charge is 0.251 e. The number of anilines is 1. The van der Waals surface area contributed by atoms with E-state index in [0.29, 0.717) is 17.8 Å². The molecule has 0 saturated carbocycles. The zero-order valence-corrected chi connectivity index (χ0v) is 13.4. The van der Waals surface area contributed by atoms with Crippen molar-refractivity contribution < 1.29 is 4.79 Å². The Morgan fingerprint density at radius 3 is 2.58 bits per heavy atom. The Labute approximate surface area is 123 Å². The van der Waals surface area contributed by atoms with Gasteiger partial charge in [-0.3, -0.25) is 4.79 Å². The minimum atomic E-state index is -0.0716. The van der Waals surface area contributed by atoms with Gasteiger partial charge in [0.05, 0.1) is 0 Å². The van der Waals surface area contributed by atoms with Crippen molar-refractivity contribution in [1.82, 2.24) is 10.2 Å². The molecule has 5 heteroatoms. The minimum absolute atomic E-state index is 0.0716. The largest absolute Gasteiger partial charge is 0.398 e. The summed E-state index contributed by atoms with van der Waals surface area (Å²) < 4.78 is 0.824. The van der Waals surface area contributed by atoms with Gasteiger partial charge in [0.2, 0.25) is 0 Å². The molecular weight excluding hydrogens is 306 g/mol. The molecule has 0 bridgehead atoms. The minimum Gasteiger partial charge on any atom is -0.398 e. The maximum atomic E-state index is 12.1. The number of carbonyl (C=O) groups excluding carboxylic acids is 1. The quantitative estimate of drug-likeness (QED) is 0.789. The van der Waals surface area contributed by atoms with Gasteiger partial charge in [0.15, 0.2) is 0 Å². The number of benzene rings is 1. The third-order valence-corrected chi connectivity index (χ3v) is 3.72. The monoisotopic (exact) mass is 327 g/mol. The number of nitrogens with one attached hydrogen (secondary N) is 1. The zero-order chi connectivity index (χ0) is 14.4. The fraction of sp³-hybridized carbons (Fsp3) is 0.500. The number of hydrogen-bond donors (Lipinski definition) is 2. The molecule has 0 aromatic heterocycles. The predicted octanol–water partition coefficient (Wildman–Crippen LogP) is 2.41. The Hall–Kier alpha value is -1.07. The maximum Gasteiger partial charge on any atom is 0.251 e. The van der Waals surface area contributed by atoms with Crippen LogP contribution in [0.15, 0.2) is 16.6 Å². The molecule has 3 N–H and O–H groups in total. The first-order valence-corrected chi connectivity index (χ1v) is 7.35. The van der Waals surface area contributed by atoms with Crippen LogP contribution >= 0.6 is 15.9 Å².